The topological polar surface area (TPSA) is 17.1 Å². The van der Waals surface area contributed by atoms with E-state index in [-0.39, 0.29) is 5.78 Å². The van der Waals surface area contributed by atoms with Gasteiger partial charge in [0.2, 0.25) is 0 Å². The van der Waals surface area contributed by atoms with Crippen molar-refractivity contribution < 1.29 is 4.79 Å². The van der Waals surface area contributed by atoms with Crippen molar-refractivity contribution in [2.45, 2.75) is 40.5 Å². The third-order valence-electron chi connectivity index (χ3n) is 2.01. The van der Waals surface area contributed by atoms with E-state index in [1.807, 2.05) is 26.0 Å². The minimum Gasteiger partial charge on any atom is -0.300 e. The molecule has 1 heteroatoms. The molecule has 0 unspecified atom stereocenters. The van der Waals surface area contributed by atoms with Crippen molar-refractivity contribution in [3.05, 3.63) is 35.4 Å². The number of ketones is 1. The fourth-order valence-corrected chi connectivity index (χ4v) is 1.20. The maximum atomic E-state index is 10.7. The van der Waals surface area contributed by atoms with Crippen LogP contribution in [0.4, 0.5) is 0 Å². The second-order valence-corrected chi connectivity index (χ2v) is 3.13. The molecule has 0 saturated carbocycles. The van der Waals surface area contributed by atoms with Crippen LogP contribution in [0.15, 0.2) is 24.3 Å². The fraction of sp³-hybridized carbons (Fsp3) is 0.462. The molecule has 0 aliphatic heterocycles. The summed E-state index contributed by atoms with van der Waals surface area (Å²) >= 11 is 0. The van der Waals surface area contributed by atoms with Gasteiger partial charge in [-0.1, -0.05) is 38.1 Å². The number of carbonyl (C=O) groups is 1. The summed E-state index contributed by atoms with van der Waals surface area (Å²) in [5.74, 6) is 0.262. The normalized spacial score (nSPS) is 8.86. The summed E-state index contributed by atoms with van der Waals surface area (Å²) in [6.07, 6.45) is 1.53. The lowest BCUT2D eigenvalue weighted by molar-refractivity contribution is -0.116. The Kier molecular flexibility index (Phi) is 6.73. The highest BCUT2D eigenvalue weighted by atomic mass is 16.1. The van der Waals surface area contributed by atoms with Crippen LogP contribution in [0.25, 0.3) is 0 Å². The first kappa shape index (κ1) is 12.9. The molecule has 0 N–H and O–H groups in total. The molecule has 1 aromatic rings. The number of hydrogen-bond donors (Lipinski definition) is 0. The Morgan fingerprint density at radius 2 is 1.79 bits per heavy atom. The molecule has 0 saturated heterocycles. The summed E-state index contributed by atoms with van der Waals surface area (Å²) in [6, 6.07) is 8.20. The van der Waals surface area contributed by atoms with Gasteiger partial charge in [-0.25, -0.2) is 0 Å². The first-order valence-electron chi connectivity index (χ1n) is 5.24. The average Bonchev–Trinajstić information content (AvgIpc) is 2.19. The Labute approximate surface area is 87.2 Å². The maximum absolute atomic E-state index is 10.7. The molecule has 0 bridgehead atoms. The van der Waals surface area contributed by atoms with Crippen LogP contribution in [-0.4, -0.2) is 5.78 Å². The molecule has 0 aromatic heterocycles. The van der Waals surface area contributed by atoms with Crippen LogP contribution in [0.3, 0.4) is 0 Å². The summed E-state index contributed by atoms with van der Waals surface area (Å²) in [5, 5.41) is 0. The Hall–Kier alpha value is -1.11. The number of hydrogen-bond acceptors (Lipinski definition) is 1. The standard InChI is InChI=1S/C11H14O.C2H6/c1-9-5-3-4-6-11(9)8-7-10(2)12;1-2/h3-6H,7-8H2,1-2H3;1-2H3. The molecule has 0 spiro atoms. The minimum absolute atomic E-state index is 0.262. The van der Waals surface area contributed by atoms with E-state index in [0.717, 1.165) is 6.42 Å². The lowest BCUT2D eigenvalue weighted by Crippen LogP contribution is -1.95. The van der Waals surface area contributed by atoms with E-state index in [0.29, 0.717) is 6.42 Å². The van der Waals surface area contributed by atoms with E-state index < -0.39 is 0 Å². The second kappa shape index (κ2) is 7.31. The maximum Gasteiger partial charge on any atom is 0.130 e. The average molecular weight is 192 g/mol. The summed E-state index contributed by atoms with van der Waals surface area (Å²) < 4.78 is 0. The van der Waals surface area contributed by atoms with Crippen molar-refractivity contribution in [3.63, 3.8) is 0 Å². The first-order chi connectivity index (χ1) is 6.70. The van der Waals surface area contributed by atoms with E-state index in [9.17, 15) is 4.79 Å². The largest absolute Gasteiger partial charge is 0.300 e. The zero-order valence-corrected chi connectivity index (χ0v) is 9.63. The molecule has 0 aliphatic carbocycles. The van der Waals surface area contributed by atoms with Gasteiger partial charge in [0.1, 0.15) is 5.78 Å². The predicted octanol–water partition coefficient (Wildman–Crippen LogP) is 3.54. The van der Waals surface area contributed by atoms with Gasteiger partial charge in [0, 0.05) is 6.42 Å². The molecule has 1 aromatic carbocycles. The predicted molar refractivity (Wildman–Crippen MR) is 61.5 cm³/mol. The monoisotopic (exact) mass is 192 g/mol. The molecule has 78 valence electrons. The summed E-state index contributed by atoms with van der Waals surface area (Å²) in [6.45, 7) is 7.72. The smallest absolute Gasteiger partial charge is 0.130 e. The molecule has 1 nitrogen and oxygen atoms in total. The van der Waals surface area contributed by atoms with E-state index >= 15 is 0 Å². The molecule has 1 rings (SSSR count). The van der Waals surface area contributed by atoms with Crippen LogP contribution in [0.5, 0.6) is 0 Å². The molecule has 0 heterocycles. The number of benzene rings is 1. The highest BCUT2D eigenvalue weighted by Gasteiger charge is 1.98. The second-order valence-electron chi connectivity index (χ2n) is 3.13. The van der Waals surface area contributed by atoms with Crippen molar-refractivity contribution in [2.24, 2.45) is 0 Å². The van der Waals surface area contributed by atoms with Crippen LogP contribution in [0.1, 0.15) is 38.3 Å². The van der Waals surface area contributed by atoms with Gasteiger partial charge in [0.15, 0.2) is 0 Å². The molecular formula is C13H20O. The molecule has 0 aliphatic rings. The van der Waals surface area contributed by atoms with Gasteiger partial charge in [-0.05, 0) is 31.4 Å². The van der Waals surface area contributed by atoms with Crippen molar-refractivity contribution in [3.8, 4) is 0 Å². The van der Waals surface area contributed by atoms with Crippen LogP contribution in [0, 0.1) is 6.92 Å². The van der Waals surface area contributed by atoms with Gasteiger partial charge in [-0.15, -0.1) is 0 Å². The van der Waals surface area contributed by atoms with Crippen molar-refractivity contribution in [1.29, 1.82) is 0 Å². The quantitative estimate of drug-likeness (QED) is 0.716. The van der Waals surface area contributed by atoms with Crippen LogP contribution >= 0.6 is 0 Å². The molecule has 0 atom stereocenters. The third kappa shape index (κ3) is 4.80. The zero-order valence-electron chi connectivity index (χ0n) is 9.63. The zero-order chi connectivity index (χ0) is 11.0. The first-order valence-corrected chi connectivity index (χ1v) is 5.24. The SMILES string of the molecule is CC.CC(=O)CCc1ccccc1C. The Balaban J connectivity index is 0.000000791. The van der Waals surface area contributed by atoms with Crippen LogP contribution < -0.4 is 0 Å². The Morgan fingerprint density at radius 1 is 1.21 bits per heavy atom. The third-order valence-corrected chi connectivity index (χ3v) is 2.01. The summed E-state index contributed by atoms with van der Waals surface area (Å²) in [4.78, 5) is 10.7. The molecule has 0 radical (unpaired) electrons. The summed E-state index contributed by atoms with van der Waals surface area (Å²) in [5.41, 5.74) is 2.56. The Bertz CT molecular complexity index is 276. The fourth-order valence-electron chi connectivity index (χ4n) is 1.20. The number of carbonyl (C=O) groups excluding carboxylic acids is 1. The van der Waals surface area contributed by atoms with Crippen molar-refractivity contribution in [2.75, 3.05) is 0 Å². The van der Waals surface area contributed by atoms with Gasteiger partial charge in [0.05, 0.1) is 0 Å². The van der Waals surface area contributed by atoms with Gasteiger partial charge in [-0.2, -0.15) is 0 Å². The van der Waals surface area contributed by atoms with E-state index in [1.54, 1.807) is 6.92 Å². The molecule has 0 fully saturated rings. The lowest BCUT2D eigenvalue weighted by Gasteiger charge is -2.02. The van der Waals surface area contributed by atoms with Crippen molar-refractivity contribution >= 4 is 5.78 Å². The van der Waals surface area contributed by atoms with E-state index in [4.69, 9.17) is 0 Å². The number of Topliss-reactive ketones (excluding diaryl/α,β-unsaturated/α-hetero) is 1. The Morgan fingerprint density at radius 3 is 2.29 bits per heavy atom. The van der Waals surface area contributed by atoms with Gasteiger partial charge < -0.3 is 4.79 Å². The molecule has 14 heavy (non-hydrogen) atoms. The minimum atomic E-state index is 0.262. The molecule has 0 amide bonds. The van der Waals surface area contributed by atoms with Crippen molar-refractivity contribution in [1.82, 2.24) is 0 Å². The van der Waals surface area contributed by atoms with Gasteiger partial charge in [-0.3, -0.25) is 0 Å². The lowest BCUT2D eigenvalue weighted by atomic mass is 10.0. The van der Waals surface area contributed by atoms with E-state index in [2.05, 4.69) is 19.1 Å². The highest BCUT2D eigenvalue weighted by Crippen LogP contribution is 2.09. The number of aryl methyl sites for hydroxylation is 2. The van der Waals surface area contributed by atoms with Crippen LogP contribution in [-0.2, 0) is 11.2 Å². The highest BCUT2D eigenvalue weighted by molar-refractivity contribution is 5.75. The van der Waals surface area contributed by atoms with Crippen LogP contribution in [0.2, 0.25) is 0 Å². The molecular weight excluding hydrogens is 172 g/mol. The van der Waals surface area contributed by atoms with Gasteiger partial charge >= 0.3 is 0 Å². The van der Waals surface area contributed by atoms with E-state index in [1.165, 1.54) is 11.1 Å². The number of rotatable bonds is 3. The summed E-state index contributed by atoms with van der Waals surface area (Å²) in [7, 11) is 0. The van der Waals surface area contributed by atoms with Gasteiger partial charge in [0.25, 0.3) is 0 Å².